The van der Waals surface area contributed by atoms with Crippen molar-refractivity contribution in [2.45, 2.75) is 25.8 Å². The van der Waals surface area contributed by atoms with Crippen LogP contribution in [0.5, 0.6) is 5.75 Å². The van der Waals surface area contributed by atoms with E-state index in [4.69, 9.17) is 4.74 Å². The van der Waals surface area contributed by atoms with E-state index in [0.29, 0.717) is 11.8 Å². The second kappa shape index (κ2) is 5.52. The molecule has 1 aliphatic rings. The molecule has 2 rings (SSSR count). The van der Waals surface area contributed by atoms with Crippen LogP contribution in [0.25, 0.3) is 0 Å². The van der Waals surface area contributed by atoms with Crippen LogP contribution in [0.2, 0.25) is 0 Å². The Morgan fingerprint density at radius 2 is 2.29 bits per heavy atom. The second-order valence-corrected chi connectivity index (χ2v) is 4.52. The van der Waals surface area contributed by atoms with E-state index in [9.17, 15) is 5.11 Å². The Hall–Kier alpha value is -1.06. The van der Waals surface area contributed by atoms with Crippen molar-refractivity contribution >= 4 is 0 Å². The number of likely N-dealkylation sites (N-methyl/N-ethyl adjacent to an activating group) is 1. The molecule has 0 bridgehead atoms. The Kier molecular flexibility index (Phi) is 4.02. The summed E-state index contributed by atoms with van der Waals surface area (Å²) in [6, 6.07) is 6.31. The van der Waals surface area contributed by atoms with E-state index >= 15 is 0 Å². The third-order valence-electron chi connectivity index (χ3n) is 3.64. The first kappa shape index (κ1) is 12.4. The first-order chi connectivity index (χ1) is 8.27. The van der Waals surface area contributed by atoms with Gasteiger partial charge in [-0.25, -0.2) is 0 Å². The standard InChI is InChI=1S/C14H21NO2/c1-3-15(9-10-17-2)13-8-7-12-11(13)5-4-6-14(12)16/h4-6,13,16H,3,7-10H2,1-2H3. The van der Waals surface area contributed by atoms with Crippen molar-refractivity contribution in [1.82, 2.24) is 4.90 Å². The molecule has 0 heterocycles. The van der Waals surface area contributed by atoms with E-state index in [1.807, 2.05) is 6.07 Å². The lowest BCUT2D eigenvalue weighted by atomic mass is 10.1. The van der Waals surface area contributed by atoms with Crippen LogP contribution in [-0.4, -0.2) is 36.8 Å². The van der Waals surface area contributed by atoms with Gasteiger partial charge in [0.1, 0.15) is 5.75 Å². The fourth-order valence-corrected chi connectivity index (χ4v) is 2.74. The van der Waals surface area contributed by atoms with Crippen LogP contribution < -0.4 is 0 Å². The molecule has 0 saturated carbocycles. The lowest BCUT2D eigenvalue weighted by molar-refractivity contribution is 0.123. The maximum Gasteiger partial charge on any atom is 0.119 e. The normalized spacial score (nSPS) is 18.6. The molecule has 0 spiro atoms. The number of phenols is 1. The number of methoxy groups -OCH3 is 1. The molecular formula is C14H21NO2. The third kappa shape index (κ3) is 2.45. The van der Waals surface area contributed by atoms with E-state index < -0.39 is 0 Å². The van der Waals surface area contributed by atoms with E-state index in [1.165, 1.54) is 5.56 Å². The molecule has 1 unspecified atom stereocenters. The van der Waals surface area contributed by atoms with Crippen molar-refractivity contribution in [1.29, 1.82) is 0 Å². The molecule has 0 aromatic heterocycles. The number of hydrogen-bond donors (Lipinski definition) is 1. The molecule has 3 heteroatoms. The van der Waals surface area contributed by atoms with E-state index in [1.54, 1.807) is 13.2 Å². The molecule has 1 atom stereocenters. The predicted molar refractivity (Wildman–Crippen MR) is 68.3 cm³/mol. The van der Waals surface area contributed by atoms with Crippen LogP contribution in [0.3, 0.4) is 0 Å². The van der Waals surface area contributed by atoms with Gasteiger partial charge < -0.3 is 9.84 Å². The quantitative estimate of drug-likeness (QED) is 0.850. The number of phenolic OH excluding ortho intramolecular Hbond substituents is 1. The molecule has 0 fully saturated rings. The van der Waals surface area contributed by atoms with Crippen molar-refractivity contribution in [2.24, 2.45) is 0 Å². The van der Waals surface area contributed by atoms with Gasteiger partial charge in [0.25, 0.3) is 0 Å². The summed E-state index contributed by atoms with van der Waals surface area (Å²) in [5.74, 6) is 0.452. The SMILES string of the molecule is CCN(CCOC)C1CCc2c(O)cccc21. The van der Waals surface area contributed by atoms with Gasteiger partial charge in [0.05, 0.1) is 6.61 Å². The van der Waals surface area contributed by atoms with Crippen LogP contribution in [0.4, 0.5) is 0 Å². The largest absolute Gasteiger partial charge is 0.508 e. The zero-order valence-electron chi connectivity index (χ0n) is 10.6. The molecular weight excluding hydrogens is 214 g/mol. The summed E-state index contributed by atoms with van der Waals surface area (Å²) in [7, 11) is 1.74. The number of fused-ring (bicyclic) bond motifs is 1. The van der Waals surface area contributed by atoms with Crippen LogP contribution in [0.1, 0.15) is 30.5 Å². The van der Waals surface area contributed by atoms with Crippen LogP contribution in [0, 0.1) is 0 Å². The van der Waals surface area contributed by atoms with Crippen molar-refractivity contribution in [3.8, 4) is 5.75 Å². The monoisotopic (exact) mass is 235 g/mol. The van der Waals surface area contributed by atoms with Gasteiger partial charge in [0, 0.05) is 19.7 Å². The molecule has 1 aromatic carbocycles. The Morgan fingerprint density at radius 1 is 1.47 bits per heavy atom. The lowest BCUT2D eigenvalue weighted by Crippen LogP contribution is -2.30. The van der Waals surface area contributed by atoms with E-state index in [0.717, 1.165) is 38.1 Å². The number of aromatic hydroxyl groups is 1. The van der Waals surface area contributed by atoms with Crippen molar-refractivity contribution in [3.05, 3.63) is 29.3 Å². The topological polar surface area (TPSA) is 32.7 Å². The molecule has 0 amide bonds. The average molecular weight is 235 g/mol. The first-order valence-electron chi connectivity index (χ1n) is 6.31. The Morgan fingerprint density at radius 3 is 3.00 bits per heavy atom. The smallest absolute Gasteiger partial charge is 0.119 e. The molecule has 0 aliphatic heterocycles. The van der Waals surface area contributed by atoms with Gasteiger partial charge in [-0.2, -0.15) is 0 Å². The zero-order chi connectivity index (χ0) is 12.3. The Bertz CT molecular complexity index is 378. The summed E-state index contributed by atoms with van der Waals surface area (Å²) in [6.45, 7) is 4.91. The van der Waals surface area contributed by atoms with Crippen LogP contribution in [0.15, 0.2) is 18.2 Å². The zero-order valence-corrected chi connectivity index (χ0v) is 10.6. The first-order valence-corrected chi connectivity index (χ1v) is 6.31. The molecule has 17 heavy (non-hydrogen) atoms. The highest BCUT2D eigenvalue weighted by Crippen LogP contribution is 2.39. The maximum absolute atomic E-state index is 9.84. The van der Waals surface area contributed by atoms with Crippen molar-refractivity contribution in [2.75, 3.05) is 26.8 Å². The van der Waals surface area contributed by atoms with Crippen LogP contribution >= 0.6 is 0 Å². The highest BCUT2D eigenvalue weighted by Gasteiger charge is 2.28. The second-order valence-electron chi connectivity index (χ2n) is 4.52. The number of rotatable bonds is 5. The highest BCUT2D eigenvalue weighted by atomic mass is 16.5. The molecule has 1 N–H and O–H groups in total. The average Bonchev–Trinajstić information content (AvgIpc) is 2.76. The summed E-state index contributed by atoms with van der Waals surface area (Å²) in [4.78, 5) is 2.43. The fraction of sp³-hybridized carbons (Fsp3) is 0.571. The van der Waals surface area contributed by atoms with E-state index in [2.05, 4.69) is 17.9 Å². The molecule has 0 radical (unpaired) electrons. The summed E-state index contributed by atoms with van der Waals surface area (Å²) >= 11 is 0. The molecule has 1 aromatic rings. The highest BCUT2D eigenvalue weighted by molar-refractivity contribution is 5.44. The summed E-state index contributed by atoms with van der Waals surface area (Å²) in [5, 5.41) is 9.84. The van der Waals surface area contributed by atoms with Crippen LogP contribution in [-0.2, 0) is 11.2 Å². The predicted octanol–water partition coefficient (Wildman–Crippen LogP) is 2.35. The van der Waals surface area contributed by atoms with Gasteiger partial charge in [-0.05, 0) is 36.6 Å². The minimum atomic E-state index is 0.442. The molecule has 0 saturated heterocycles. The Labute approximate surface area is 103 Å². The number of nitrogens with zero attached hydrogens (tertiary/aromatic N) is 1. The van der Waals surface area contributed by atoms with Crippen molar-refractivity contribution < 1.29 is 9.84 Å². The van der Waals surface area contributed by atoms with Gasteiger partial charge in [-0.1, -0.05) is 19.1 Å². The summed E-state index contributed by atoms with van der Waals surface area (Å²) < 4.78 is 5.15. The van der Waals surface area contributed by atoms with Gasteiger partial charge in [-0.3, -0.25) is 4.90 Å². The van der Waals surface area contributed by atoms with Crippen molar-refractivity contribution in [3.63, 3.8) is 0 Å². The summed E-state index contributed by atoms with van der Waals surface area (Å²) in [6.07, 6.45) is 2.08. The van der Waals surface area contributed by atoms with Gasteiger partial charge >= 0.3 is 0 Å². The Balaban J connectivity index is 2.17. The van der Waals surface area contributed by atoms with E-state index in [-0.39, 0.29) is 0 Å². The van der Waals surface area contributed by atoms with Gasteiger partial charge in [-0.15, -0.1) is 0 Å². The number of benzene rings is 1. The van der Waals surface area contributed by atoms with Gasteiger partial charge in [0.2, 0.25) is 0 Å². The fourth-order valence-electron chi connectivity index (χ4n) is 2.74. The minimum absolute atomic E-state index is 0.442. The number of hydrogen-bond acceptors (Lipinski definition) is 3. The molecule has 1 aliphatic carbocycles. The number of ether oxygens (including phenoxy) is 1. The maximum atomic E-state index is 9.84. The summed E-state index contributed by atoms with van der Waals surface area (Å²) in [5.41, 5.74) is 2.43. The molecule has 94 valence electrons. The molecule has 3 nitrogen and oxygen atoms in total. The van der Waals surface area contributed by atoms with Gasteiger partial charge in [0.15, 0.2) is 0 Å². The lowest BCUT2D eigenvalue weighted by Gasteiger charge is -2.28. The third-order valence-corrected chi connectivity index (χ3v) is 3.64. The minimum Gasteiger partial charge on any atom is -0.508 e.